The SMILES string of the molecule is CN(C)c1ccc2c(c1)c1c(c3ccccc32)=C(c2ccccc2)C2C(C=1c1ccccc1)[C@@H]1C[C@H]2[C@H](C(=O)[O-])[C@H]1C(=O)[O-]. The number of nitrogens with zero attached hydrogens (tertiary/aromatic N) is 1. The highest BCUT2D eigenvalue weighted by Gasteiger charge is 2.61. The standard InChI is InChI=1S/C39H33NO4/c1-40(2)23-17-18-25-24-15-9-10-16-26(24)32-30(21-11-5-3-6-12-21)34-28-20-29(37(39(43)44)36(28)38(41)42)35(34)31(33(32)27(25)19-23)22-13-7-4-8-14-22/h3-19,28-29,34-37H,20H2,1-2H3,(H,41,42)(H,43,44)/p-2/t28-,29+,34?,35?,36+,37+/m1/s1. The quantitative estimate of drug-likeness (QED) is 0.300. The topological polar surface area (TPSA) is 83.5 Å². The lowest BCUT2D eigenvalue weighted by atomic mass is 9.59. The molecule has 3 aliphatic rings. The zero-order chi connectivity index (χ0) is 30.3. The summed E-state index contributed by atoms with van der Waals surface area (Å²) in [5.41, 5.74) is 5.36. The minimum absolute atomic E-state index is 0.193. The molecule has 0 aromatic heterocycles. The van der Waals surface area contributed by atoms with Gasteiger partial charge in [-0.05, 0) is 96.5 Å². The molecule has 2 fully saturated rings. The summed E-state index contributed by atoms with van der Waals surface area (Å²) in [5, 5.41) is 32.1. The Balaban J connectivity index is 1.66. The molecule has 2 unspecified atom stereocenters. The molecule has 0 aliphatic heterocycles. The number of anilines is 1. The molecule has 5 heteroatoms. The molecule has 2 bridgehead atoms. The maximum atomic E-state index is 12.7. The summed E-state index contributed by atoms with van der Waals surface area (Å²) in [4.78, 5) is 27.5. The van der Waals surface area contributed by atoms with Gasteiger partial charge in [0, 0.05) is 43.6 Å². The van der Waals surface area contributed by atoms with E-state index >= 15 is 0 Å². The van der Waals surface area contributed by atoms with Gasteiger partial charge in [-0.2, -0.15) is 0 Å². The molecular weight excluding hydrogens is 546 g/mol. The maximum Gasteiger partial charge on any atom is 0.0454 e. The van der Waals surface area contributed by atoms with Crippen LogP contribution < -0.4 is 25.6 Å². The number of rotatable bonds is 5. The fourth-order valence-corrected chi connectivity index (χ4v) is 9.10. The number of benzene rings is 5. The highest BCUT2D eigenvalue weighted by Crippen LogP contribution is 2.64. The van der Waals surface area contributed by atoms with Crippen LogP contribution in [-0.2, 0) is 9.59 Å². The van der Waals surface area contributed by atoms with Gasteiger partial charge in [0.25, 0.3) is 0 Å². The van der Waals surface area contributed by atoms with Crippen molar-refractivity contribution in [2.24, 2.45) is 35.5 Å². The first kappa shape index (κ1) is 26.7. The van der Waals surface area contributed by atoms with E-state index in [-0.39, 0.29) is 17.8 Å². The van der Waals surface area contributed by atoms with E-state index in [9.17, 15) is 19.8 Å². The van der Waals surface area contributed by atoms with E-state index < -0.39 is 29.7 Å². The number of aliphatic carboxylic acids is 2. The Kier molecular flexibility index (Phi) is 5.96. The molecule has 2 saturated carbocycles. The monoisotopic (exact) mass is 577 g/mol. The third-order valence-electron chi connectivity index (χ3n) is 10.6. The van der Waals surface area contributed by atoms with Gasteiger partial charge in [0.05, 0.1) is 0 Å². The van der Waals surface area contributed by atoms with Crippen LogP contribution in [0.15, 0.2) is 103 Å². The van der Waals surface area contributed by atoms with Crippen molar-refractivity contribution in [2.45, 2.75) is 6.42 Å². The van der Waals surface area contributed by atoms with Crippen LogP contribution in [0.1, 0.15) is 17.5 Å². The highest BCUT2D eigenvalue weighted by molar-refractivity contribution is 6.11. The fraction of sp³-hybridized carbons (Fsp3) is 0.231. The third-order valence-corrected chi connectivity index (χ3v) is 10.6. The Labute approximate surface area is 255 Å². The van der Waals surface area contributed by atoms with E-state index in [0.29, 0.717) is 6.42 Å². The Morgan fingerprint density at radius 1 is 0.591 bits per heavy atom. The lowest BCUT2D eigenvalue weighted by molar-refractivity contribution is -0.329. The molecule has 0 spiro atoms. The minimum Gasteiger partial charge on any atom is -0.550 e. The van der Waals surface area contributed by atoms with Crippen molar-refractivity contribution in [1.29, 1.82) is 0 Å². The number of carbonyl (C=O) groups is 2. The van der Waals surface area contributed by atoms with Crippen LogP contribution in [0.25, 0.3) is 32.7 Å². The average Bonchev–Trinajstić information content (AvgIpc) is 3.62. The highest BCUT2D eigenvalue weighted by atomic mass is 16.4. The van der Waals surface area contributed by atoms with Gasteiger partial charge in [-0.25, -0.2) is 0 Å². The van der Waals surface area contributed by atoms with Crippen molar-refractivity contribution in [1.82, 2.24) is 0 Å². The molecule has 5 aromatic rings. The Hall–Kier alpha value is -4.90. The minimum atomic E-state index is -1.29. The average molecular weight is 578 g/mol. The molecule has 3 aliphatic carbocycles. The molecule has 0 radical (unpaired) electrons. The van der Waals surface area contributed by atoms with E-state index in [1.165, 1.54) is 0 Å². The molecule has 0 saturated heterocycles. The van der Waals surface area contributed by atoms with Crippen molar-refractivity contribution in [2.75, 3.05) is 19.0 Å². The Morgan fingerprint density at radius 2 is 1.05 bits per heavy atom. The number of hydrogen-bond donors (Lipinski definition) is 0. The van der Waals surface area contributed by atoms with Gasteiger partial charge < -0.3 is 24.7 Å². The van der Waals surface area contributed by atoms with E-state index in [2.05, 4.69) is 71.6 Å². The zero-order valence-corrected chi connectivity index (χ0v) is 24.6. The zero-order valence-electron chi connectivity index (χ0n) is 24.6. The van der Waals surface area contributed by atoms with Gasteiger partial charge >= 0.3 is 0 Å². The van der Waals surface area contributed by atoms with E-state index in [1.54, 1.807) is 0 Å². The summed E-state index contributed by atoms with van der Waals surface area (Å²) >= 11 is 0. The molecule has 0 heterocycles. The van der Waals surface area contributed by atoms with Gasteiger partial charge in [0.2, 0.25) is 0 Å². The summed E-state index contributed by atoms with van der Waals surface area (Å²) in [6.45, 7) is 0. The smallest absolute Gasteiger partial charge is 0.0454 e. The van der Waals surface area contributed by atoms with Gasteiger partial charge in [-0.1, -0.05) is 91.0 Å². The van der Waals surface area contributed by atoms with Crippen LogP contribution in [0.4, 0.5) is 5.69 Å². The Morgan fingerprint density at radius 3 is 1.55 bits per heavy atom. The first-order chi connectivity index (χ1) is 21.4. The van der Waals surface area contributed by atoms with Crippen molar-refractivity contribution in [3.8, 4) is 0 Å². The van der Waals surface area contributed by atoms with Gasteiger partial charge in [0.1, 0.15) is 0 Å². The maximum absolute atomic E-state index is 12.7. The van der Waals surface area contributed by atoms with Crippen molar-refractivity contribution >= 4 is 50.3 Å². The van der Waals surface area contributed by atoms with Crippen molar-refractivity contribution < 1.29 is 19.8 Å². The van der Waals surface area contributed by atoms with Crippen LogP contribution in [0.5, 0.6) is 0 Å². The van der Waals surface area contributed by atoms with Crippen LogP contribution in [-0.4, -0.2) is 26.0 Å². The molecule has 0 amide bonds. The van der Waals surface area contributed by atoms with E-state index in [1.807, 2.05) is 50.5 Å². The lowest BCUT2D eigenvalue weighted by Crippen LogP contribution is -2.54. The Bertz CT molecular complexity index is 2120. The first-order valence-electron chi connectivity index (χ1n) is 15.3. The number of hydrogen-bond acceptors (Lipinski definition) is 5. The second-order valence-corrected chi connectivity index (χ2v) is 12.8. The van der Waals surface area contributed by atoms with Gasteiger partial charge in [-0.3, -0.25) is 0 Å². The first-order valence-corrected chi connectivity index (χ1v) is 15.3. The van der Waals surface area contributed by atoms with Crippen LogP contribution in [0.3, 0.4) is 0 Å². The second kappa shape index (κ2) is 9.81. The predicted molar refractivity (Wildman–Crippen MR) is 169 cm³/mol. The normalized spacial score (nSPS) is 25.2. The van der Waals surface area contributed by atoms with E-state index in [0.717, 1.165) is 59.9 Å². The third kappa shape index (κ3) is 3.65. The largest absolute Gasteiger partial charge is 0.550 e. The molecule has 5 nitrogen and oxygen atoms in total. The molecule has 0 N–H and O–H groups in total. The summed E-state index contributed by atoms with van der Waals surface area (Å²) in [5.74, 6) is -5.95. The number of carboxylic acids is 2. The van der Waals surface area contributed by atoms with Crippen molar-refractivity contribution in [3.63, 3.8) is 0 Å². The number of carbonyl (C=O) groups excluding carboxylic acids is 2. The molecule has 44 heavy (non-hydrogen) atoms. The molecule has 218 valence electrons. The van der Waals surface area contributed by atoms with Crippen LogP contribution >= 0.6 is 0 Å². The molecule has 8 rings (SSSR count). The predicted octanol–water partition coefficient (Wildman–Crippen LogP) is 3.08. The second-order valence-electron chi connectivity index (χ2n) is 12.8. The van der Waals surface area contributed by atoms with Crippen LogP contribution in [0, 0.1) is 35.5 Å². The van der Waals surface area contributed by atoms with Crippen molar-refractivity contribution in [3.05, 3.63) is 125 Å². The van der Waals surface area contributed by atoms with Gasteiger partial charge in [-0.15, -0.1) is 0 Å². The number of carboxylic acid groups (broad SMARTS) is 2. The summed E-state index contributed by atoms with van der Waals surface area (Å²) in [6.07, 6.45) is 0.506. The summed E-state index contributed by atoms with van der Waals surface area (Å²) in [6, 6.07) is 35.6. The molecule has 5 aromatic carbocycles. The van der Waals surface area contributed by atoms with Gasteiger partial charge in [0.15, 0.2) is 0 Å². The van der Waals surface area contributed by atoms with Crippen LogP contribution in [0.2, 0.25) is 0 Å². The lowest BCUT2D eigenvalue weighted by Gasteiger charge is -2.46. The summed E-state index contributed by atoms with van der Waals surface area (Å²) < 4.78 is 0. The summed E-state index contributed by atoms with van der Waals surface area (Å²) in [7, 11) is 4.07. The van der Waals surface area contributed by atoms with E-state index in [4.69, 9.17) is 0 Å². The molecule has 6 atom stereocenters. The number of fused-ring (bicyclic) bond motifs is 11. The molecular formula is C39H31NO4-2. The fourth-order valence-electron chi connectivity index (χ4n) is 9.10.